The van der Waals surface area contributed by atoms with E-state index in [4.69, 9.17) is 9.47 Å². The van der Waals surface area contributed by atoms with Gasteiger partial charge in [-0.05, 0) is 38.9 Å². The molecular weight excluding hydrogens is 264 g/mol. The molecule has 1 saturated heterocycles. The SMILES string of the molecule is COCCOc1cc(F)c(C2CCN(C)CC2)c(F)c1. The Labute approximate surface area is 118 Å². The second-order valence-corrected chi connectivity index (χ2v) is 5.22. The molecule has 0 saturated carbocycles. The molecule has 0 spiro atoms. The van der Waals surface area contributed by atoms with Crippen molar-refractivity contribution in [3.8, 4) is 5.75 Å². The van der Waals surface area contributed by atoms with Gasteiger partial charge in [-0.3, -0.25) is 0 Å². The summed E-state index contributed by atoms with van der Waals surface area (Å²) in [6, 6.07) is 2.54. The number of hydrogen-bond acceptors (Lipinski definition) is 3. The number of rotatable bonds is 5. The minimum atomic E-state index is -0.507. The van der Waals surface area contributed by atoms with Crippen molar-refractivity contribution in [1.82, 2.24) is 4.90 Å². The largest absolute Gasteiger partial charge is 0.491 e. The van der Waals surface area contributed by atoms with E-state index in [0.717, 1.165) is 25.9 Å². The van der Waals surface area contributed by atoms with Crippen LogP contribution in [0.4, 0.5) is 8.78 Å². The fraction of sp³-hybridized carbons (Fsp3) is 0.600. The van der Waals surface area contributed by atoms with E-state index >= 15 is 0 Å². The van der Waals surface area contributed by atoms with Gasteiger partial charge < -0.3 is 14.4 Å². The first-order valence-electron chi connectivity index (χ1n) is 6.91. The van der Waals surface area contributed by atoms with Crippen molar-refractivity contribution in [1.29, 1.82) is 0 Å². The average Bonchev–Trinajstić information content (AvgIpc) is 2.40. The number of likely N-dealkylation sites (tertiary alicyclic amines) is 1. The number of ether oxygens (including phenoxy) is 2. The molecule has 0 atom stereocenters. The molecule has 112 valence electrons. The Hall–Kier alpha value is -1.20. The molecule has 1 fully saturated rings. The summed E-state index contributed by atoms with van der Waals surface area (Å²) < 4.78 is 38.4. The number of hydrogen-bond donors (Lipinski definition) is 0. The summed E-state index contributed by atoms with van der Waals surface area (Å²) in [5.74, 6) is -0.841. The first-order valence-corrected chi connectivity index (χ1v) is 6.91. The van der Waals surface area contributed by atoms with Crippen molar-refractivity contribution in [2.24, 2.45) is 0 Å². The van der Waals surface area contributed by atoms with E-state index in [0.29, 0.717) is 6.61 Å². The lowest BCUT2D eigenvalue weighted by molar-refractivity contribution is 0.146. The molecule has 1 aromatic carbocycles. The van der Waals surface area contributed by atoms with Crippen LogP contribution in [0, 0.1) is 11.6 Å². The molecule has 1 aromatic rings. The Balaban J connectivity index is 2.10. The van der Waals surface area contributed by atoms with Gasteiger partial charge in [0.1, 0.15) is 24.0 Å². The summed E-state index contributed by atoms with van der Waals surface area (Å²) >= 11 is 0. The number of halogens is 2. The Morgan fingerprint density at radius 3 is 2.30 bits per heavy atom. The van der Waals surface area contributed by atoms with E-state index < -0.39 is 11.6 Å². The molecule has 3 nitrogen and oxygen atoms in total. The van der Waals surface area contributed by atoms with Gasteiger partial charge in [0.25, 0.3) is 0 Å². The van der Waals surface area contributed by atoms with Crippen molar-refractivity contribution in [3.63, 3.8) is 0 Å². The monoisotopic (exact) mass is 285 g/mol. The minimum Gasteiger partial charge on any atom is -0.491 e. The van der Waals surface area contributed by atoms with E-state index in [1.54, 1.807) is 7.11 Å². The molecule has 0 amide bonds. The molecule has 1 heterocycles. The van der Waals surface area contributed by atoms with E-state index in [1.807, 2.05) is 7.05 Å². The summed E-state index contributed by atoms with van der Waals surface area (Å²) in [4.78, 5) is 2.18. The van der Waals surface area contributed by atoms with Crippen molar-refractivity contribution in [3.05, 3.63) is 29.3 Å². The van der Waals surface area contributed by atoms with Crippen LogP contribution in [0.15, 0.2) is 12.1 Å². The topological polar surface area (TPSA) is 21.7 Å². The number of methoxy groups -OCH3 is 1. The van der Waals surface area contributed by atoms with Gasteiger partial charge in [-0.25, -0.2) is 8.78 Å². The van der Waals surface area contributed by atoms with Crippen LogP contribution in [0.2, 0.25) is 0 Å². The first-order chi connectivity index (χ1) is 9.61. The molecule has 20 heavy (non-hydrogen) atoms. The van der Waals surface area contributed by atoms with Crippen LogP contribution in [0.5, 0.6) is 5.75 Å². The molecule has 0 aromatic heterocycles. The van der Waals surface area contributed by atoms with Crippen LogP contribution >= 0.6 is 0 Å². The maximum absolute atomic E-state index is 14.1. The van der Waals surface area contributed by atoms with Crippen LogP contribution in [-0.2, 0) is 4.74 Å². The van der Waals surface area contributed by atoms with Gasteiger partial charge in [0, 0.05) is 24.8 Å². The average molecular weight is 285 g/mol. The highest BCUT2D eigenvalue weighted by Crippen LogP contribution is 2.33. The number of nitrogens with zero attached hydrogens (tertiary/aromatic N) is 1. The second-order valence-electron chi connectivity index (χ2n) is 5.22. The van der Waals surface area contributed by atoms with Crippen LogP contribution < -0.4 is 4.74 Å². The summed E-state index contributed by atoms with van der Waals surface area (Å²) in [5.41, 5.74) is 0.206. The van der Waals surface area contributed by atoms with Crippen molar-refractivity contribution in [2.75, 3.05) is 40.5 Å². The van der Waals surface area contributed by atoms with Gasteiger partial charge in [0.15, 0.2) is 0 Å². The third-order valence-corrected chi connectivity index (χ3v) is 3.74. The third-order valence-electron chi connectivity index (χ3n) is 3.74. The van der Waals surface area contributed by atoms with Crippen LogP contribution in [0.1, 0.15) is 24.3 Å². The zero-order valence-electron chi connectivity index (χ0n) is 12.0. The van der Waals surface area contributed by atoms with Gasteiger partial charge in [0.05, 0.1) is 6.61 Å². The zero-order chi connectivity index (χ0) is 14.5. The Kier molecular flexibility index (Phi) is 5.31. The quantitative estimate of drug-likeness (QED) is 0.777. The fourth-order valence-electron chi connectivity index (χ4n) is 2.57. The van der Waals surface area contributed by atoms with Crippen LogP contribution in [0.25, 0.3) is 0 Å². The molecule has 1 aliphatic rings. The lowest BCUT2D eigenvalue weighted by Gasteiger charge is -2.29. The fourth-order valence-corrected chi connectivity index (χ4v) is 2.57. The van der Waals surface area contributed by atoms with Gasteiger partial charge in [-0.1, -0.05) is 0 Å². The highest BCUT2D eigenvalue weighted by Gasteiger charge is 2.25. The maximum Gasteiger partial charge on any atom is 0.133 e. The molecule has 0 unspecified atom stereocenters. The second kappa shape index (κ2) is 6.99. The lowest BCUT2D eigenvalue weighted by atomic mass is 9.89. The Morgan fingerprint density at radius 2 is 1.75 bits per heavy atom. The smallest absolute Gasteiger partial charge is 0.133 e. The maximum atomic E-state index is 14.1. The van der Waals surface area contributed by atoms with Gasteiger partial charge in [-0.2, -0.15) is 0 Å². The minimum absolute atomic E-state index is 0.0424. The molecule has 0 bridgehead atoms. The predicted octanol–water partition coefficient (Wildman–Crippen LogP) is 2.80. The normalized spacial score (nSPS) is 17.4. The van der Waals surface area contributed by atoms with E-state index in [-0.39, 0.29) is 23.8 Å². The van der Waals surface area contributed by atoms with E-state index in [9.17, 15) is 8.78 Å². The molecule has 1 aliphatic heterocycles. The van der Waals surface area contributed by atoms with Gasteiger partial charge >= 0.3 is 0 Å². The summed E-state index contributed by atoms with van der Waals surface area (Å²) in [6.07, 6.45) is 1.57. The Bertz CT molecular complexity index is 422. The first kappa shape index (κ1) is 15.2. The molecule has 2 rings (SSSR count). The van der Waals surface area contributed by atoms with Gasteiger partial charge in [-0.15, -0.1) is 0 Å². The number of piperidine rings is 1. The molecule has 0 aliphatic carbocycles. The third kappa shape index (κ3) is 3.67. The highest BCUT2D eigenvalue weighted by atomic mass is 19.1. The molecule has 5 heteroatoms. The standard InChI is InChI=1S/C15H21F2NO2/c1-18-5-3-11(4-6-18)15-13(16)9-12(10-14(15)17)20-8-7-19-2/h9-11H,3-8H2,1-2H3. The summed E-state index contributed by atoms with van der Waals surface area (Å²) in [6.45, 7) is 2.41. The summed E-state index contributed by atoms with van der Waals surface area (Å²) in [7, 11) is 3.57. The van der Waals surface area contributed by atoms with E-state index in [1.165, 1.54) is 12.1 Å². The van der Waals surface area contributed by atoms with E-state index in [2.05, 4.69) is 4.90 Å². The Morgan fingerprint density at radius 1 is 1.15 bits per heavy atom. The van der Waals surface area contributed by atoms with Gasteiger partial charge in [0.2, 0.25) is 0 Å². The highest BCUT2D eigenvalue weighted by molar-refractivity contribution is 5.33. The zero-order valence-corrected chi connectivity index (χ0v) is 12.0. The predicted molar refractivity (Wildman–Crippen MR) is 73.2 cm³/mol. The number of benzene rings is 1. The van der Waals surface area contributed by atoms with Crippen LogP contribution in [0.3, 0.4) is 0 Å². The molecule has 0 radical (unpaired) electrons. The molecular formula is C15H21F2NO2. The van der Waals surface area contributed by atoms with Crippen LogP contribution in [-0.4, -0.2) is 45.4 Å². The van der Waals surface area contributed by atoms with Crippen molar-refractivity contribution in [2.45, 2.75) is 18.8 Å². The molecule has 0 N–H and O–H groups in total. The summed E-state index contributed by atoms with van der Waals surface area (Å²) in [5, 5.41) is 0. The van der Waals surface area contributed by atoms with Crippen molar-refractivity contribution < 1.29 is 18.3 Å². The van der Waals surface area contributed by atoms with Crippen molar-refractivity contribution >= 4 is 0 Å². The lowest BCUT2D eigenvalue weighted by Crippen LogP contribution is -2.30.